The Balaban J connectivity index is 4.93. The molecule has 0 rings (SSSR count). The molecular formula is C45H64O. The summed E-state index contributed by atoms with van der Waals surface area (Å²) in [5.74, 6) is 0.0781. The van der Waals surface area contributed by atoms with Gasteiger partial charge in [0.15, 0.2) is 0 Å². The van der Waals surface area contributed by atoms with Gasteiger partial charge < -0.3 is 5.11 Å². The van der Waals surface area contributed by atoms with Crippen LogP contribution in [-0.4, -0.2) is 10.7 Å². The fourth-order valence-electron chi connectivity index (χ4n) is 4.02. The zero-order valence-corrected chi connectivity index (χ0v) is 31.2. The van der Waals surface area contributed by atoms with E-state index in [-0.39, 0.29) is 5.92 Å². The van der Waals surface area contributed by atoms with E-state index in [9.17, 15) is 5.11 Å². The van der Waals surface area contributed by atoms with E-state index < -0.39 is 5.60 Å². The zero-order valence-electron chi connectivity index (χ0n) is 31.2. The van der Waals surface area contributed by atoms with Gasteiger partial charge in [-0.15, -0.1) is 0 Å². The molecule has 1 N–H and O–H groups in total. The van der Waals surface area contributed by atoms with Crippen LogP contribution < -0.4 is 0 Å². The molecule has 0 aromatic heterocycles. The molecule has 0 bridgehead atoms. The first-order valence-electron chi connectivity index (χ1n) is 16.7. The molecule has 250 valence electrons. The summed E-state index contributed by atoms with van der Waals surface area (Å²) in [5, 5.41) is 10.5. The first-order chi connectivity index (χ1) is 21.6. The van der Waals surface area contributed by atoms with Crippen LogP contribution in [0.25, 0.3) is 0 Å². The second-order valence-corrected chi connectivity index (χ2v) is 13.3. The van der Waals surface area contributed by atoms with Crippen molar-refractivity contribution in [1.29, 1.82) is 0 Å². The molecule has 0 radical (unpaired) electrons. The molecule has 0 aliphatic carbocycles. The Kier molecular flexibility index (Phi) is 22.6. The van der Waals surface area contributed by atoms with E-state index in [1.807, 2.05) is 13.8 Å². The van der Waals surface area contributed by atoms with E-state index in [4.69, 9.17) is 0 Å². The Morgan fingerprint density at radius 2 is 0.870 bits per heavy atom. The summed E-state index contributed by atoms with van der Waals surface area (Å²) in [7, 11) is 0. The van der Waals surface area contributed by atoms with Gasteiger partial charge in [-0.05, 0) is 102 Å². The molecule has 1 atom stereocenters. The van der Waals surface area contributed by atoms with Crippen molar-refractivity contribution in [2.24, 2.45) is 5.92 Å². The first kappa shape index (κ1) is 42.3. The molecule has 0 saturated heterocycles. The average molecular weight is 621 g/mol. The lowest BCUT2D eigenvalue weighted by molar-refractivity contribution is 0.0380. The second-order valence-electron chi connectivity index (χ2n) is 13.3. The minimum atomic E-state index is -0.753. The highest BCUT2D eigenvalue weighted by atomic mass is 16.3. The molecule has 0 spiro atoms. The van der Waals surface area contributed by atoms with Gasteiger partial charge in [0.25, 0.3) is 0 Å². The van der Waals surface area contributed by atoms with Crippen LogP contribution >= 0.6 is 0 Å². The van der Waals surface area contributed by atoms with Crippen molar-refractivity contribution in [1.82, 2.24) is 0 Å². The predicted octanol–water partition coefficient (Wildman–Crippen LogP) is 13.5. The Labute approximate surface area is 284 Å². The second kappa shape index (κ2) is 24.5. The van der Waals surface area contributed by atoms with Gasteiger partial charge in [0.1, 0.15) is 0 Å². The molecular weight excluding hydrogens is 556 g/mol. The summed E-state index contributed by atoms with van der Waals surface area (Å²) in [6, 6.07) is 0. The smallest absolute Gasteiger partial charge is 0.0657 e. The summed E-state index contributed by atoms with van der Waals surface area (Å²) in [6.07, 6.45) is 45.6. The van der Waals surface area contributed by atoms with Gasteiger partial charge in [-0.2, -0.15) is 0 Å². The summed E-state index contributed by atoms with van der Waals surface area (Å²) < 4.78 is 0. The van der Waals surface area contributed by atoms with Crippen LogP contribution in [0.15, 0.2) is 166 Å². The van der Waals surface area contributed by atoms with E-state index in [0.29, 0.717) is 0 Å². The van der Waals surface area contributed by atoms with Gasteiger partial charge >= 0.3 is 0 Å². The van der Waals surface area contributed by atoms with Crippen molar-refractivity contribution in [3.05, 3.63) is 166 Å². The Hall–Kier alpha value is -3.68. The fourth-order valence-corrected chi connectivity index (χ4v) is 4.02. The first-order valence-corrected chi connectivity index (χ1v) is 16.7. The molecule has 46 heavy (non-hydrogen) atoms. The molecule has 0 aromatic rings. The van der Waals surface area contributed by atoms with E-state index in [1.54, 1.807) is 0 Å². The van der Waals surface area contributed by atoms with E-state index >= 15 is 0 Å². The number of allylic oxidation sites excluding steroid dienone is 27. The Morgan fingerprint density at radius 3 is 1.26 bits per heavy atom. The molecule has 0 heterocycles. The van der Waals surface area contributed by atoms with Crippen LogP contribution in [-0.2, 0) is 0 Å². The van der Waals surface area contributed by atoms with Crippen molar-refractivity contribution in [3.8, 4) is 0 Å². The van der Waals surface area contributed by atoms with Crippen LogP contribution in [0.1, 0.15) is 102 Å². The number of hydrogen-bond donors (Lipinski definition) is 1. The number of hydrogen-bond acceptors (Lipinski definition) is 1. The fraction of sp³-hybridized carbons (Fsp3) is 0.378. The van der Waals surface area contributed by atoms with Crippen molar-refractivity contribution in [2.75, 3.05) is 0 Å². The zero-order chi connectivity index (χ0) is 35.0. The molecule has 0 amide bonds. The monoisotopic (exact) mass is 620 g/mol. The van der Waals surface area contributed by atoms with Crippen LogP contribution in [0.4, 0.5) is 0 Å². The molecule has 1 heteroatoms. The molecule has 0 saturated carbocycles. The molecule has 1 nitrogen and oxygen atoms in total. The topological polar surface area (TPSA) is 20.2 Å². The molecule has 0 fully saturated rings. The summed E-state index contributed by atoms with van der Waals surface area (Å²) in [6.45, 7) is 25.0. The third kappa shape index (κ3) is 25.6. The number of rotatable bonds is 18. The Morgan fingerprint density at radius 1 is 0.500 bits per heavy atom. The predicted molar refractivity (Wildman–Crippen MR) is 210 cm³/mol. The van der Waals surface area contributed by atoms with Crippen LogP contribution in [0, 0.1) is 5.92 Å². The average Bonchev–Trinajstić information content (AvgIpc) is 2.94. The standard InChI is InChI=1S/C45H64O/c1-36(2)20-15-23-40(7)26-18-29-41(8)27-16-24-38(5)21-13-14-22-39(6)25-17-28-42(9)30-19-31-43(10)33-35-44(45(11,12)46)34-32-37(3)4/h13-14,16-22,24-33,35,44,46H,15,23,34H2,1-12H3. The quantitative estimate of drug-likeness (QED) is 0.119. The third-order valence-electron chi connectivity index (χ3n) is 7.09. The number of aliphatic hydroxyl groups is 1. The molecule has 1 unspecified atom stereocenters. The van der Waals surface area contributed by atoms with Crippen LogP contribution in [0.5, 0.6) is 0 Å². The highest BCUT2D eigenvalue weighted by Gasteiger charge is 2.23. The van der Waals surface area contributed by atoms with Crippen molar-refractivity contribution >= 4 is 0 Å². The van der Waals surface area contributed by atoms with Gasteiger partial charge in [-0.25, -0.2) is 0 Å². The maximum absolute atomic E-state index is 10.5. The summed E-state index contributed by atoms with van der Waals surface area (Å²) in [4.78, 5) is 0. The van der Waals surface area contributed by atoms with Gasteiger partial charge in [0, 0.05) is 5.92 Å². The van der Waals surface area contributed by atoms with Gasteiger partial charge in [-0.1, -0.05) is 166 Å². The van der Waals surface area contributed by atoms with Gasteiger partial charge in [0.2, 0.25) is 0 Å². The lowest BCUT2D eigenvalue weighted by Gasteiger charge is -2.26. The van der Waals surface area contributed by atoms with Crippen molar-refractivity contribution < 1.29 is 5.11 Å². The van der Waals surface area contributed by atoms with Crippen molar-refractivity contribution in [3.63, 3.8) is 0 Å². The van der Waals surface area contributed by atoms with E-state index in [0.717, 1.165) is 24.8 Å². The SMILES string of the molecule is CC(C)=CCCC(C)=CC=CC(C)=CC=CC(C)=CC=CC=C(C)C=CC=C(C)C=CC=C(C)C=CC(CC=C(C)C)C(C)(C)O. The van der Waals surface area contributed by atoms with Crippen LogP contribution in [0.3, 0.4) is 0 Å². The van der Waals surface area contributed by atoms with E-state index in [2.05, 4.69) is 191 Å². The maximum atomic E-state index is 10.5. The lowest BCUT2D eigenvalue weighted by Crippen LogP contribution is -2.29. The van der Waals surface area contributed by atoms with Gasteiger partial charge in [0.05, 0.1) is 5.60 Å². The third-order valence-corrected chi connectivity index (χ3v) is 7.09. The van der Waals surface area contributed by atoms with Crippen LogP contribution in [0.2, 0.25) is 0 Å². The molecule has 0 aromatic carbocycles. The summed E-state index contributed by atoms with van der Waals surface area (Å²) >= 11 is 0. The highest BCUT2D eigenvalue weighted by molar-refractivity contribution is 5.33. The van der Waals surface area contributed by atoms with Crippen molar-refractivity contribution in [2.45, 2.75) is 108 Å². The summed E-state index contributed by atoms with van der Waals surface area (Å²) in [5.41, 5.74) is 9.25. The van der Waals surface area contributed by atoms with Gasteiger partial charge in [-0.3, -0.25) is 0 Å². The van der Waals surface area contributed by atoms with E-state index in [1.165, 1.54) is 39.0 Å². The Bertz CT molecular complexity index is 1340. The maximum Gasteiger partial charge on any atom is 0.0657 e. The minimum Gasteiger partial charge on any atom is -0.390 e. The minimum absolute atomic E-state index is 0.0781. The highest BCUT2D eigenvalue weighted by Crippen LogP contribution is 2.23. The normalized spacial score (nSPS) is 15.9. The molecule has 0 aliphatic rings. The lowest BCUT2D eigenvalue weighted by atomic mass is 9.87. The largest absolute Gasteiger partial charge is 0.390 e. The molecule has 0 aliphatic heterocycles.